The monoisotopic (exact) mass is 424 g/mol. The SMILES string of the molecule is N#Cc1ccc(NC(C(=O)O)c2cc(Cl)cc(Br)c2OCCO)cc1. The molecule has 1 atom stereocenters. The standard InChI is InChI=1S/C17H14BrClN2O4/c18-14-8-11(19)7-13(16(14)25-6-5-22)15(17(23)24)21-12-3-1-10(9-20)2-4-12/h1-4,7-8,15,21-22H,5-6H2,(H,23,24). The number of hydrogen-bond donors (Lipinski definition) is 3. The fraction of sp³-hybridized carbons (Fsp3) is 0.176. The number of carboxylic acid groups (broad SMARTS) is 1. The molecule has 0 aliphatic heterocycles. The minimum Gasteiger partial charge on any atom is -0.490 e. The van der Waals surface area contributed by atoms with Crippen molar-refractivity contribution in [2.75, 3.05) is 18.5 Å². The van der Waals surface area contributed by atoms with Gasteiger partial charge in [-0.15, -0.1) is 0 Å². The first-order valence-electron chi connectivity index (χ1n) is 7.18. The molecule has 2 aromatic carbocycles. The predicted octanol–water partition coefficient (Wildman–Crippen LogP) is 3.58. The lowest BCUT2D eigenvalue weighted by atomic mass is 10.0. The summed E-state index contributed by atoms with van der Waals surface area (Å²) in [6, 6.07) is 10.3. The maximum absolute atomic E-state index is 11.8. The van der Waals surface area contributed by atoms with Gasteiger partial charge in [-0.25, -0.2) is 4.79 Å². The summed E-state index contributed by atoms with van der Waals surface area (Å²) in [5.74, 6) is -0.848. The lowest BCUT2D eigenvalue weighted by molar-refractivity contribution is -0.138. The van der Waals surface area contributed by atoms with Crippen molar-refractivity contribution < 1.29 is 19.7 Å². The van der Waals surface area contributed by atoms with E-state index in [1.165, 1.54) is 6.07 Å². The van der Waals surface area contributed by atoms with Crippen LogP contribution in [0.2, 0.25) is 5.02 Å². The topological polar surface area (TPSA) is 103 Å². The normalized spacial score (nSPS) is 11.4. The molecule has 0 fully saturated rings. The molecule has 0 saturated heterocycles. The van der Waals surface area contributed by atoms with E-state index in [9.17, 15) is 9.90 Å². The van der Waals surface area contributed by atoms with Crippen LogP contribution in [0.15, 0.2) is 40.9 Å². The molecule has 0 bridgehead atoms. The second kappa shape index (κ2) is 8.72. The Morgan fingerprint density at radius 1 is 1.36 bits per heavy atom. The van der Waals surface area contributed by atoms with Crippen LogP contribution in [-0.2, 0) is 4.79 Å². The second-order valence-electron chi connectivity index (χ2n) is 4.98. The van der Waals surface area contributed by atoms with Crippen LogP contribution in [0.25, 0.3) is 0 Å². The van der Waals surface area contributed by atoms with Gasteiger partial charge >= 0.3 is 5.97 Å². The second-order valence-corrected chi connectivity index (χ2v) is 6.27. The van der Waals surface area contributed by atoms with E-state index in [1.54, 1.807) is 30.3 Å². The van der Waals surface area contributed by atoms with Gasteiger partial charge in [-0.2, -0.15) is 5.26 Å². The first-order valence-corrected chi connectivity index (χ1v) is 8.35. The smallest absolute Gasteiger partial charge is 0.330 e. The van der Waals surface area contributed by atoms with Crippen LogP contribution >= 0.6 is 27.5 Å². The molecule has 6 nitrogen and oxygen atoms in total. The number of hydrogen-bond acceptors (Lipinski definition) is 5. The summed E-state index contributed by atoms with van der Waals surface area (Å²) in [7, 11) is 0. The Bertz CT molecular complexity index is 806. The molecule has 0 amide bonds. The minimum atomic E-state index is -1.14. The van der Waals surface area contributed by atoms with E-state index in [2.05, 4.69) is 21.2 Å². The van der Waals surface area contributed by atoms with Crippen molar-refractivity contribution in [1.82, 2.24) is 0 Å². The summed E-state index contributed by atoms with van der Waals surface area (Å²) in [6.07, 6.45) is 0. The molecular formula is C17H14BrClN2O4. The molecule has 0 spiro atoms. The largest absolute Gasteiger partial charge is 0.490 e. The Hall–Kier alpha value is -2.27. The molecule has 2 rings (SSSR count). The first-order chi connectivity index (χ1) is 12.0. The molecular weight excluding hydrogens is 412 g/mol. The summed E-state index contributed by atoms with van der Waals surface area (Å²) < 4.78 is 5.96. The Morgan fingerprint density at radius 2 is 2.04 bits per heavy atom. The molecule has 0 saturated carbocycles. The van der Waals surface area contributed by atoms with Crippen molar-refractivity contribution in [3.05, 3.63) is 57.0 Å². The number of benzene rings is 2. The highest BCUT2D eigenvalue weighted by atomic mass is 79.9. The third-order valence-electron chi connectivity index (χ3n) is 3.26. The van der Waals surface area contributed by atoms with Crippen molar-refractivity contribution in [3.8, 4) is 11.8 Å². The van der Waals surface area contributed by atoms with Crippen LogP contribution in [0.1, 0.15) is 17.2 Å². The van der Waals surface area contributed by atoms with Gasteiger partial charge in [0.05, 0.1) is 22.7 Å². The van der Waals surface area contributed by atoms with E-state index < -0.39 is 12.0 Å². The Kier molecular flexibility index (Phi) is 6.65. The fourth-order valence-electron chi connectivity index (χ4n) is 2.17. The average Bonchev–Trinajstić information content (AvgIpc) is 2.58. The molecule has 0 aliphatic carbocycles. The van der Waals surface area contributed by atoms with Gasteiger partial charge in [0.1, 0.15) is 12.4 Å². The molecule has 0 heterocycles. The summed E-state index contributed by atoms with van der Waals surface area (Å²) in [5, 5.41) is 30.7. The molecule has 2 aromatic rings. The lowest BCUT2D eigenvalue weighted by Crippen LogP contribution is -2.22. The van der Waals surface area contributed by atoms with E-state index in [0.29, 0.717) is 26.3 Å². The van der Waals surface area contributed by atoms with E-state index >= 15 is 0 Å². The average molecular weight is 426 g/mol. The van der Waals surface area contributed by atoms with Gasteiger partial charge in [-0.3, -0.25) is 0 Å². The van der Waals surface area contributed by atoms with Gasteiger partial charge in [0.15, 0.2) is 6.04 Å². The summed E-state index contributed by atoms with van der Waals surface area (Å²) >= 11 is 9.36. The number of aliphatic hydroxyl groups is 1. The Morgan fingerprint density at radius 3 is 2.60 bits per heavy atom. The molecule has 0 aromatic heterocycles. The molecule has 25 heavy (non-hydrogen) atoms. The summed E-state index contributed by atoms with van der Waals surface area (Å²) in [5.41, 5.74) is 1.30. The molecule has 0 aliphatic rings. The highest BCUT2D eigenvalue weighted by molar-refractivity contribution is 9.10. The van der Waals surface area contributed by atoms with E-state index in [-0.39, 0.29) is 19.0 Å². The number of nitrogens with zero attached hydrogens (tertiary/aromatic N) is 1. The van der Waals surface area contributed by atoms with Gasteiger partial charge in [0.2, 0.25) is 0 Å². The van der Waals surface area contributed by atoms with Gasteiger partial charge in [0.25, 0.3) is 0 Å². The fourth-order valence-corrected chi connectivity index (χ4v) is 3.12. The molecule has 3 N–H and O–H groups in total. The van der Waals surface area contributed by atoms with Crippen LogP contribution in [0.5, 0.6) is 5.75 Å². The zero-order valence-corrected chi connectivity index (χ0v) is 15.2. The number of nitrogens with one attached hydrogen (secondary N) is 1. The number of aliphatic hydroxyl groups excluding tert-OH is 1. The number of nitriles is 1. The third kappa shape index (κ3) is 4.86. The quantitative estimate of drug-likeness (QED) is 0.626. The summed E-state index contributed by atoms with van der Waals surface area (Å²) in [6.45, 7) is -0.203. The number of halogens is 2. The lowest BCUT2D eigenvalue weighted by Gasteiger charge is -2.21. The number of anilines is 1. The first kappa shape index (κ1) is 19.1. The van der Waals surface area contributed by atoms with Gasteiger partial charge in [0, 0.05) is 16.3 Å². The van der Waals surface area contributed by atoms with Crippen LogP contribution in [0.4, 0.5) is 5.69 Å². The number of carboxylic acids is 1. The Balaban J connectivity index is 2.42. The van der Waals surface area contributed by atoms with Crippen molar-refractivity contribution >= 4 is 39.2 Å². The summed E-state index contributed by atoms with van der Waals surface area (Å²) in [4.78, 5) is 11.8. The highest BCUT2D eigenvalue weighted by Gasteiger charge is 2.26. The molecule has 8 heteroatoms. The number of carbonyl (C=O) groups is 1. The van der Waals surface area contributed by atoms with Crippen molar-refractivity contribution in [1.29, 1.82) is 5.26 Å². The maximum Gasteiger partial charge on any atom is 0.330 e. The zero-order chi connectivity index (χ0) is 18.4. The van der Waals surface area contributed by atoms with Gasteiger partial charge in [-0.05, 0) is 52.3 Å². The van der Waals surface area contributed by atoms with Crippen LogP contribution < -0.4 is 10.1 Å². The zero-order valence-electron chi connectivity index (χ0n) is 12.9. The van der Waals surface area contributed by atoms with E-state index in [0.717, 1.165) is 0 Å². The Labute approximate surface area is 157 Å². The third-order valence-corrected chi connectivity index (χ3v) is 4.07. The minimum absolute atomic E-state index is 0.0104. The molecule has 130 valence electrons. The van der Waals surface area contributed by atoms with Crippen molar-refractivity contribution in [3.63, 3.8) is 0 Å². The van der Waals surface area contributed by atoms with Gasteiger partial charge in [-0.1, -0.05) is 11.6 Å². The molecule has 1 unspecified atom stereocenters. The molecule has 0 radical (unpaired) electrons. The number of ether oxygens (including phenoxy) is 1. The van der Waals surface area contributed by atoms with Crippen molar-refractivity contribution in [2.24, 2.45) is 0 Å². The number of rotatable bonds is 7. The van der Waals surface area contributed by atoms with Crippen LogP contribution in [0.3, 0.4) is 0 Å². The number of aliphatic carboxylic acids is 1. The van der Waals surface area contributed by atoms with Gasteiger partial charge < -0.3 is 20.3 Å². The van der Waals surface area contributed by atoms with Crippen LogP contribution in [0, 0.1) is 11.3 Å². The van der Waals surface area contributed by atoms with Crippen LogP contribution in [-0.4, -0.2) is 29.4 Å². The predicted molar refractivity (Wildman–Crippen MR) is 96.9 cm³/mol. The highest BCUT2D eigenvalue weighted by Crippen LogP contribution is 2.37. The van der Waals surface area contributed by atoms with E-state index in [4.69, 9.17) is 26.7 Å². The van der Waals surface area contributed by atoms with Crippen molar-refractivity contribution in [2.45, 2.75) is 6.04 Å². The van der Waals surface area contributed by atoms with E-state index in [1.807, 2.05) is 6.07 Å². The maximum atomic E-state index is 11.8.